The Bertz CT molecular complexity index is 673. The van der Waals surface area contributed by atoms with Gasteiger partial charge in [-0.3, -0.25) is 14.9 Å². The number of hydrogen-bond acceptors (Lipinski definition) is 3. The minimum Gasteiger partial charge on any atom is -0.298 e. The number of aromatic amines is 1. The average Bonchev–Trinajstić information content (AvgIpc) is 2.82. The van der Waals surface area contributed by atoms with Gasteiger partial charge in [-0.25, -0.2) is 0 Å². The lowest BCUT2D eigenvalue weighted by Crippen LogP contribution is -1.80. The van der Waals surface area contributed by atoms with Gasteiger partial charge in [-0.15, -0.1) is 0 Å². The molecule has 0 radical (unpaired) electrons. The van der Waals surface area contributed by atoms with Gasteiger partial charge in [0.2, 0.25) is 0 Å². The molecule has 4 nitrogen and oxygen atoms in total. The molecule has 1 N–H and O–H groups in total. The second-order valence-electron chi connectivity index (χ2n) is 3.74. The third kappa shape index (κ3) is 1.59. The van der Waals surface area contributed by atoms with Crippen LogP contribution in [0.25, 0.3) is 22.2 Å². The molecule has 0 saturated carbocycles. The lowest BCUT2D eigenvalue weighted by molar-refractivity contribution is 0.112. The van der Waals surface area contributed by atoms with Crippen LogP contribution in [0.3, 0.4) is 0 Å². The Labute approximate surface area is 97.3 Å². The zero-order valence-electron chi connectivity index (χ0n) is 8.92. The molecule has 3 rings (SSSR count). The molecule has 0 spiro atoms. The number of H-pyrrole nitrogens is 1. The van der Waals surface area contributed by atoms with Gasteiger partial charge in [-0.1, -0.05) is 6.07 Å². The maximum absolute atomic E-state index is 10.7. The quantitative estimate of drug-likeness (QED) is 0.679. The van der Waals surface area contributed by atoms with E-state index in [1.165, 1.54) is 0 Å². The van der Waals surface area contributed by atoms with Crippen LogP contribution in [0.1, 0.15) is 10.4 Å². The summed E-state index contributed by atoms with van der Waals surface area (Å²) in [6, 6.07) is 9.29. The third-order valence-corrected chi connectivity index (χ3v) is 2.66. The Balaban J connectivity index is 2.22. The van der Waals surface area contributed by atoms with Crippen LogP contribution < -0.4 is 0 Å². The largest absolute Gasteiger partial charge is 0.298 e. The topological polar surface area (TPSA) is 58.6 Å². The zero-order chi connectivity index (χ0) is 11.7. The van der Waals surface area contributed by atoms with Crippen molar-refractivity contribution in [1.29, 1.82) is 0 Å². The second-order valence-corrected chi connectivity index (χ2v) is 3.74. The van der Waals surface area contributed by atoms with Gasteiger partial charge in [0.1, 0.15) is 12.0 Å². The highest BCUT2D eigenvalue weighted by Gasteiger charge is 2.08. The minimum atomic E-state index is 0.638. The number of carbonyl (C=O) groups excluding carboxylic acids is 1. The number of pyridine rings is 1. The van der Waals surface area contributed by atoms with Crippen LogP contribution in [0, 0.1) is 0 Å². The van der Waals surface area contributed by atoms with E-state index in [-0.39, 0.29) is 0 Å². The van der Waals surface area contributed by atoms with Crippen LogP contribution in [0.4, 0.5) is 0 Å². The van der Waals surface area contributed by atoms with Gasteiger partial charge in [-0.05, 0) is 24.3 Å². The highest BCUT2D eigenvalue weighted by Crippen LogP contribution is 2.25. The van der Waals surface area contributed by atoms with Crippen LogP contribution in [0.2, 0.25) is 0 Å². The molecule has 0 amide bonds. The predicted molar refractivity (Wildman–Crippen MR) is 64.7 cm³/mol. The molecule has 2 aromatic heterocycles. The molecule has 0 aliphatic heterocycles. The predicted octanol–water partition coefficient (Wildman–Crippen LogP) is 2.44. The van der Waals surface area contributed by atoms with Crippen LogP contribution in [0.5, 0.6) is 0 Å². The molecular weight excluding hydrogens is 214 g/mol. The van der Waals surface area contributed by atoms with E-state index in [2.05, 4.69) is 15.2 Å². The fourth-order valence-corrected chi connectivity index (χ4v) is 1.83. The van der Waals surface area contributed by atoms with Crippen molar-refractivity contribution in [3.05, 3.63) is 48.3 Å². The zero-order valence-corrected chi connectivity index (χ0v) is 8.92. The van der Waals surface area contributed by atoms with E-state index in [9.17, 15) is 4.79 Å². The number of fused-ring (bicyclic) bond motifs is 1. The lowest BCUT2D eigenvalue weighted by Gasteiger charge is -1.96. The molecule has 0 saturated heterocycles. The molecule has 0 aliphatic carbocycles. The van der Waals surface area contributed by atoms with Gasteiger partial charge >= 0.3 is 0 Å². The van der Waals surface area contributed by atoms with Crippen molar-refractivity contribution < 1.29 is 4.79 Å². The van der Waals surface area contributed by atoms with Crippen molar-refractivity contribution in [2.75, 3.05) is 0 Å². The molecule has 0 bridgehead atoms. The third-order valence-electron chi connectivity index (χ3n) is 2.66. The second kappa shape index (κ2) is 3.83. The van der Waals surface area contributed by atoms with Crippen molar-refractivity contribution in [3.8, 4) is 11.3 Å². The average molecular weight is 223 g/mol. The van der Waals surface area contributed by atoms with E-state index in [1.807, 2.05) is 18.2 Å². The van der Waals surface area contributed by atoms with Crippen LogP contribution in [-0.2, 0) is 0 Å². The molecule has 3 aromatic rings. The summed E-state index contributed by atoms with van der Waals surface area (Å²) in [5.41, 5.74) is 3.30. The molecule has 17 heavy (non-hydrogen) atoms. The molecule has 82 valence electrons. The monoisotopic (exact) mass is 223 g/mol. The number of benzene rings is 1. The van der Waals surface area contributed by atoms with Gasteiger partial charge in [0.15, 0.2) is 0 Å². The van der Waals surface area contributed by atoms with E-state index in [0.717, 1.165) is 28.4 Å². The first-order valence-electron chi connectivity index (χ1n) is 5.22. The SMILES string of the molecule is O=Cc1ccc2c(-c3cccnc3)n[nH]c2c1. The Morgan fingerprint density at radius 2 is 2.18 bits per heavy atom. The molecule has 0 aliphatic rings. The summed E-state index contributed by atoms with van der Waals surface area (Å²) in [6.45, 7) is 0. The van der Waals surface area contributed by atoms with Gasteiger partial charge in [-0.2, -0.15) is 5.10 Å². The number of carbonyl (C=O) groups is 1. The summed E-state index contributed by atoms with van der Waals surface area (Å²) in [5, 5.41) is 8.17. The minimum absolute atomic E-state index is 0.638. The summed E-state index contributed by atoms with van der Waals surface area (Å²) in [5.74, 6) is 0. The molecule has 1 aromatic carbocycles. The lowest BCUT2D eigenvalue weighted by atomic mass is 10.1. The van der Waals surface area contributed by atoms with Gasteiger partial charge in [0, 0.05) is 28.9 Å². The number of rotatable bonds is 2. The smallest absolute Gasteiger partial charge is 0.150 e. The summed E-state index contributed by atoms with van der Waals surface area (Å²) in [4.78, 5) is 14.8. The van der Waals surface area contributed by atoms with Crippen molar-refractivity contribution in [2.24, 2.45) is 0 Å². The van der Waals surface area contributed by atoms with Crippen LogP contribution in [0.15, 0.2) is 42.7 Å². The van der Waals surface area contributed by atoms with Crippen molar-refractivity contribution in [1.82, 2.24) is 15.2 Å². The fraction of sp³-hybridized carbons (Fsp3) is 0. The maximum Gasteiger partial charge on any atom is 0.150 e. The summed E-state index contributed by atoms with van der Waals surface area (Å²) in [6.07, 6.45) is 4.32. The van der Waals surface area contributed by atoms with Gasteiger partial charge < -0.3 is 0 Å². The molecule has 0 unspecified atom stereocenters. The van der Waals surface area contributed by atoms with E-state index in [1.54, 1.807) is 24.5 Å². The van der Waals surface area contributed by atoms with E-state index >= 15 is 0 Å². The number of aldehydes is 1. The number of aromatic nitrogens is 3. The maximum atomic E-state index is 10.7. The first-order valence-corrected chi connectivity index (χ1v) is 5.22. The first-order chi connectivity index (χ1) is 8.38. The van der Waals surface area contributed by atoms with E-state index in [4.69, 9.17) is 0 Å². The Hall–Kier alpha value is -2.49. The van der Waals surface area contributed by atoms with Gasteiger partial charge in [0.25, 0.3) is 0 Å². The molecule has 0 atom stereocenters. The van der Waals surface area contributed by atoms with Gasteiger partial charge in [0.05, 0.1) is 5.52 Å². The highest BCUT2D eigenvalue weighted by atomic mass is 16.1. The number of nitrogens with one attached hydrogen (secondary N) is 1. The normalized spacial score (nSPS) is 10.6. The molecular formula is C13H9N3O. The first kappa shape index (κ1) is 9.72. The molecule has 0 fully saturated rings. The summed E-state index contributed by atoms with van der Waals surface area (Å²) in [7, 11) is 0. The van der Waals surface area contributed by atoms with Crippen molar-refractivity contribution >= 4 is 17.2 Å². The standard InChI is InChI=1S/C13H9N3O/c17-8-9-3-4-11-12(6-9)15-16-13(11)10-2-1-5-14-7-10/h1-8H,(H,15,16). The summed E-state index contributed by atoms with van der Waals surface area (Å²) < 4.78 is 0. The Kier molecular flexibility index (Phi) is 2.19. The Morgan fingerprint density at radius 1 is 1.24 bits per heavy atom. The van der Waals surface area contributed by atoms with E-state index < -0.39 is 0 Å². The Morgan fingerprint density at radius 3 is 2.94 bits per heavy atom. The van der Waals surface area contributed by atoms with Crippen molar-refractivity contribution in [3.63, 3.8) is 0 Å². The number of nitrogens with zero attached hydrogens (tertiary/aromatic N) is 2. The highest BCUT2D eigenvalue weighted by molar-refractivity contribution is 5.95. The molecule has 2 heterocycles. The van der Waals surface area contributed by atoms with E-state index in [0.29, 0.717) is 5.56 Å². The van der Waals surface area contributed by atoms with Crippen molar-refractivity contribution in [2.45, 2.75) is 0 Å². The molecule has 4 heteroatoms. The van der Waals surface area contributed by atoms with Crippen LogP contribution >= 0.6 is 0 Å². The summed E-state index contributed by atoms with van der Waals surface area (Å²) >= 11 is 0. The fourth-order valence-electron chi connectivity index (χ4n) is 1.83. The number of hydrogen-bond donors (Lipinski definition) is 1. The van der Waals surface area contributed by atoms with Crippen LogP contribution in [-0.4, -0.2) is 21.5 Å².